The lowest BCUT2D eigenvalue weighted by Crippen LogP contribution is -2.04. The summed E-state index contributed by atoms with van der Waals surface area (Å²) in [5.41, 5.74) is 0.0320. The molecule has 0 fully saturated rings. The van der Waals surface area contributed by atoms with Gasteiger partial charge in [0.15, 0.2) is 0 Å². The van der Waals surface area contributed by atoms with Crippen LogP contribution in [0.15, 0.2) is 24.3 Å². The number of ether oxygens (including phenoxy) is 1. The zero-order valence-electron chi connectivity index (χ0n) is 8.37. The minimum atomic E-state index is -2.96. The molecule has 0 radical (unpaired) electrons. The maximum Gasteiger partial charge on any atom is 0.387 e. The molecule has 0 aliphatic carbocycles. The van der Waals surface area contributed by atoms with Gasteiger partial charge in [0, 0.05) is 0 Å². The fraction of sp³-hybridized carbons (Fsp3) is 0.273. The van der Waals surface area contributed by atoms with Gasteiger partial charge in [0.05, 0.1) is 5.56 Å². The minimum absolute atomic E-state index is 0.0320. The highest BCUT2D eigenvalue weighted by Crippen LogP contribution is 2.24. The highest BCUT2D eigenvalue weighted by Gasteiger charge is 2.10. The molecule has 1 aromatic rings. The van der Waals surface area contributed by atoms with Gasteiger partial charge in [-0.1, -0.05) is 18.2 Å². The molecule has 1 nitrogen and oxygen atoms in total. The Morgan fingerprint density at radius 2 is 2.12 bits per heavy atom. The van der Waals surface area contributed by atoms with Crippen LogP contribution in [0.4, 0.5) is 13.2 Å². The van der Waals surface area contributed by atoms with E-state index in [0.29, 0.717) is 12.2 Å². The van der Waals surface area contributed by atoms with Crippen molar-refractivity contribution in [3.63, 3.8) is 0 Å². The fourth-order valence-electron chi connectivity index (χ4n) is 1.15. The third-order valence-corrected chi connectivity index (χ3v) is 2.07. The second-order valence-electron chi connectivity index (χ2n) is 2.94. The van der Waals surface area contributed by atoms with Crippen LogP contribution in [-0.2, 0) is 0 Å². The van der Waals surface area contributed by atoms with E-state index in [-0.39, 0.29) is 11.3 Å². The van der Waals surface area contributed by atoms with Crippen molar-refractivity contribution in [3.8, 4) is 5.75 Å². The predicted octanol–water partition coefficient (Wildman–Crippen LogP) is 3.76. The topological polar surface area (TPSA) is 9.23 Å². The molecule has 0 aliphatic heterocycles. The number of rotatable bonds is 5. The van der Waals surface area contributed by atoms with Crippen molar-refractivity contribution in [2.24, 2.45) is 0 Å². The maximum absolute atomic E-state index is 13.3. The normalized spacial score (nSPS) is 11.3. The third-order valence-electron chi connectivity index (χ3n) is 1.81. The van der Waals surface area contributed by atoms with Crippen LogP contribution in [0.2, 0.25) is 0 Å². The minimum Gasteiger partial charge on any atom is -0.434 e. The van der Waals surface area contributed by atoms with E-state index in [1.165, 1.54) is 24.3 Å². The van der Waals surface area contributed by atoms with Gasteiger partial charge in [0.25, 0.3) is 0 Å². The highest BCUT2D eigenvalue weighted by atomic mass is 32.1. The number of halogens is 3. The smallest absolute Gasteiger partial charge is 0.387 e. The summed E-state index contributed by atoms with van der Waals surface area (Å²) >= 11 is 3.98. The molecule has 5 heteroatoms. The molecule has 0 bridgehead atoms. The van der Waals surface area contributed by atoms with Gasteiger partial charge >= 0.3 is 6.61 Å². The SMILES string of the molecule is Fc1cccc(OC(F)F)c1C=CCCS. The summed E-state index contributed by atoms with van der Waals surface area (Å²) in [6.45, 7) is -2.96. The molecular weight excluding hydrogens is 237 g/mol. The molecule has 0 aromatic heterocycles. The average Bonchev–Trinajstić information content (AvgIpc) is 2.21. The van der Waals surface area contributed by atoms with Crippen molar-refractivity contribution in [2.75, 3.05) is 5.75 Å². The average molecular weight is 248 g/mol. The van der Waals surface area contributed by atoms with Crippen LogP contribution in [0.5, 0.6) is 5.75 Å². The molecule has 0 atom stereocenters. The number of thiol groups is 1. The molecule has 88 valence electrons. The van der Waals surface area contributed by atoms with Gasteiger partial charge in [0.1, 0.15) is 11.6 Å². The zero-order valence-corrected chi connectivity index (χ0v) is 9.26. The van der Waals surface area contributed by atoms with Crippen LogP contribution in [0, 0.1) is 5.82 Å². The lowest BCUT2D eigenvalue weighted by Gasteiger charge is -2.08. The second kappa shape index (κ2) is 6.48. The first-order valence-electron chi connectivity index (χ1n) is 4.66. The zero-order chi connectivity index (χ0) is 12.0. The van der Waals surface area contributed by atoms with Gasteiger partial charge in [-0.2, -0.15) is 21.4 Å². The molecule has 0 saturated heterocycles. The Bertz CT molecular complexity index is 366. The molecule has 0 saturated carbocycles. The summed E-state index contributed by atoms with van der Waals surface area (Å²) in [6, 6.07) is 3.82. The Morgan fingerprint density at radius 3 is 2.75 bits per heavy atom. The number of hydrogen-bond acceptors (Lipinski definition) is 2. The van der Waals surface area contributed by atoms with Crippen LogP contribution in [-0.4, -0.2) is 12.4 Å². The Hall–Kier alpha value is -1.10. The van der Waals surface area contributed by atoms with Gasteiger partial charge in [-0.15, -0.1) is 0 Å². The third kappa shape index (κ3) is 3.81. The van der Waals surface area contributed by atoms with E-state index in [1.807, 2.05) is 0 Å². The summed E-state index contributed by atoms with van der Waals surface area (Å²) < 4.78 is 41.6. The maximum atomic E-state index is 13.3. The molecule has 0 N–H and O–H groups in total. The standard InChI is InChI=1S/C11H11F3OS/c12-9-5-3-6-10(15-11(13)14)8(9)4-1-2-7-16/h1,3-6,11,16H,2,7H2. The van der Waals surface area contributed by atoms with Crippen LogP contribution >= 0.6 is 12.6 Å². The van der Waals surface area contributed by atoms with Gasteiger partial charge in [-0.3, -0.25) is 0 Å². The van der Waals surface area contributed by atoms with Crippen molar-refractivity contribution in [3.05, 3.63) is 35.7 Å². The Balaban J connectivity index is 2.94. The summed E-state index contributed by atoms with van der Waals surface area (Å²) in [5.74, 6) is -0.144. The predicted molar refractivity (Wildman–Crippen MR) is 60.5 cm³/mol. The van der Waals surface area contributed by atoms with Gasteiger partial charge in [0.2, 0.25) is 0 Å². The van der Waals surface area contributed by atoms with Crippen LogP contribution in [0.1, 0.15) is 12.0 Å². The molecule has 16 heavy (non-hydrogen) atoms. The highest BCUT2D eigenvalue weighted by molar-refractivity contribution is 7.80. The molecule has 0 amide bonds. The first-order chi connectivity index (χ1) is 7.65. The van der Waals surface area contributed by atoms with E-state index in [1.54, 1.807) is 6.08 Å². The van der Waals surface area contributed by atoms with E-state index in [4.69, 9.17) is 0 Å². The number of allylic oxidation sites excluding steroid dienone is 1. The van der Waals surface area contributed by atoms with Crippen molar-refractivity contribution >= 4 is 18.7 Å². The Kier molecular flexibility index (Phi) is 5.25. The number of hydrogen-bond donors (Lipinski definition) is 1. The van der Waals surface area contributed by atoms with Crippen LogP contribution < -0.4 is 4.74 Å². The number of alkyl halides is 2. The largest absolute Gasteiger partial charge is 0.434 e. The van der Waals surface area contributed by atoms with Crippen LogP contribution in [0.25, 0.3) is 6.08 Å². The van der Waals surface area contributed by atoms with Crippen molar-refractivity contribution in [1.29, 1.82) is 0 Å². The van der Waals surface area contributed by atoms with Crippen molar-refractivity contribution in [2.45, 2.75) is 13.0 Å². The summed E-state index contributed by atoms with van der Waals surface area (Å²) in [6.07, 6.45) is 3.71. The van der Waals surface area contributed by atoms with E-state index in [9.17, 15) is 13.2 Å². The first kappa shape index (κ1) is 13.0. The summed E-state index contributed by atoms with van der Waals surface area (Å²) in [7, 11) is 0. The summed E-state index contributed by atoms with van der Waals surface area (Å²) in [4.78, 5) is 0. The molecule has 1 aromatic carbocycles. The van der Waals surface area contributed by atoms with E-state index < -0.39 is 12.4 Å². The van der Waals surface area contributed by atoms with Gasteiger partial charge < -0.3 is 4.74 Å². The van der Waals surface area contributed by atoms with E-state index in [2.05, 4.69) is 17.4 Å². The molecule has 1 rings (SSSR count). The molecule has 0 aliphatic rings. The molecule has 0 unspecified atom stereocenters. The quantitative estimate of drug-likeness (QED) is 0.780. The van der Waals surface area contributed by atoms with Crippen LogP contribution in [0.3, 0.4) is 0 Å². The molecule has 0 spiro atoms. The van der Waals surface area contributed by atoms with E-state index >= 15 is 0 Å². The lowest BCUT2D eigenvalue weighted by atomic mass is 10.1. The Labute approximate surface area is 97.3 Å². The number of benzene rings is 1. The van der Waals surface area contributed by atoms with Crippen molar-refractivity contribution < 1.29 is 17.9 Å². The molecule has 0 heterocycles. The fourth-order valence-corrected chi connectivity index (χ4v) is 1.30. The van der Waals surface area contributed by atoms with Gasteiger partial charge in [-0.05, 0) is 24.3 Å². The lowest BCUT2D eigenvalue weighted by molar-refractivity contribution is -0.0501. The van der Waals surface area contributed by atoms with Crippen molar-refractivity contribution in [1.82, 2.24) is 0 Å². The van der Waals surface area contributed by atoms with E-state index in [0.717, 1.165) is 0 Å². The Morgan fingerprint density at radius 1 is 1.38 bits per heavy atom. The molecular formula is C11H11F3OS. The summed E-state index contributed by atoms with van der Waals surface area (Å²) in [5, 5.41) is 0. The monoisotopic (exact) mass is 248 g/mol. The second-order valence-corrected chi connectivity index (χ2v) is 3.39. The van der Waals surface area contributed by atoms with Gasteiger partial charge in [-0.25, -0.2) is 4.39 Å². The first-order valence-corrected chi connectivity index (χ1v) is 5.29.